The number of methoxy groups -OCH3 is 1. The predicted molar refractivity (Wildman–Crippen MR) is 147 cm³/mol. The second kappa shape index (κ2) is 11.0. The van der Waals surface area contributed by atoms with Crippen LogP contribution in [-0.4, -0.2) is 66.5 Å². The van der Waals surface area contributed by atoms with E-state index >= 15 is 0 Å². The van der Waals surface area contributed by atoms with Crippen LogP contribution in [0.15, 0.2) is 36.8 Å². The number of para-hydroxylation sites is 1. The molecule has 0 spiro atoms. The second-order valence-corrected chi connectivity index (χ2v) is 12.0. The molecule has 1 aliphatic rings. The van der Waals surface area contributed by atoms with Crippen LogP contribution in [0.1, 0.15) is 44.8 Å². The van der Waals surface area contributed by atoms with Crippen molar-refractivity contribution in [3.63, 3.8) is 0 Å². The summed E-state index contributed by atoms with van der Waals surface area (Å²) in [6.07, 6.45) is 4.76. The van der Waals surface area contributed by atoms with Gasteiger partial charge in [0.15, 0.2) is 11.6 Å². The molecule has 0 unspecified atom stereocenters. The zero-order valence-corrected chi connectivity index (χ0v) is 23.9. The van der Waals surface area contributed by atoms with Gasteiger partial charge in [0.05, 0.1) is 30.0 Å². The van der Waals surface area contributed by atoms with Gasteiger partial charge in [-0.3, -0.25) is 14.0 Å². The number of benzene rings is 1. The van der Waals surface area contributed by atoms with Gasteiger partial charge in [-0.05, 0) is 45.7 Å². The fraction of sp³-hybridized carbons (Fsp3) is 0.400. The number of halogens is 1. The number of aryl methyl sites for hydroxylation is 1. The molecular weight excluding hydrogens is 560 g/mol. The Morgan fingerprint density at radius 2 is 1.88 bits per heavy atom. The molecule has 3 aromatic heterocycles. The lowest BCUT2D eigenvalue weighted by atomic mass is 10.1. The van der Waals surface area contributed by atoms with Crippen LogP contribution in [0.5, 0.6) is 11.5 Å². The summed E-state index contributed by atoms with van der Waals surface area (Å²) in [5.41, 5.74) is 1.78. The van der Waals surface area contributed by atoms with Crippen LogP contribution < -0.4 is 9.46 Å². The Bertz CT molecular complexity index is 1620. The average molecular weight is 589 g/mol. The van der Waals surface area contributed by atoms with Gasteiger partial charge in [-0.25, -0.2) is 18.4 Å². The van der Waals surface area contributed by atoms with Gasteiger partial charge in [-0.1, -0.05) is 17.7 Å². The normalized spacial score (nSPS) is 14.8. The molecule has 13 nitrogen and oxygen atoms in total. The van der Waals surface area contributed by atoms with Crippen molar-refractivity contribution in [1.82, 2.24) is 34.5 Å². The van der Waals surface area contributed by atoms with Crippen molar-refractivity contribution in [3.8, 4) is 28.6 Å². The van der Waals surface area contributed by atoms with Gasteiger partial charge in [0.25, 0.3) is 0 Å². The van der Waals surface area contributed by atoms with Crippen LogP contribution in [0.4, 0.5) is 5.95 Å². The first kappa shape index (κ1) is 27.8. The number of sulfonamides is 1. The highest BCUT2D eigenvalue weighted by Gasteiger charge is 2.36. The molecule has 0 fully saturated rings. The fourth-order valence-corrected chi connectivity index (χ4v) is 5.80. The Kier molecular flexibility index (Phi) is 7.66. The van der Waals surface area contributed by atoms with Crippen molar-refractivity contribution in [2.24, 2.45) is 0 Å². The van der Waals surface area contributed by atoms with Gasteiger partial charge in [-0.15, -0.1) is 10.2 Å². The molecule has 40 heavy (non-hydrogen) atoms. The Morgan fingerprint density at radius 1 is 1.12 bits per heavy atom. The van der Waals surface area contributed by atoms with Gasteiger partial charge < -0.3 is 14.6 Å². The number of hydrogen-bond acceptors (Lipinski definition) is 10. The van der Waals surface area contributed by atoms with Gasteiger partial charge in [0.2, 0.25) is 16.0 Å². The number of anilines is 1. The Labute approximate surface area is 236 Å². The smallest absolute Gasteiger partial charge is 0.243 e. The molecule has 0 radical (unpaired) electrons. The van der Waals surface area contributed by atoms with Crippen LogP contribution in [0.25, 0.3) is 17.1 Å². The van der Waals surface area contributed by atoms with E-state index in [0.29, 0.717) is 16.4 Å². The van der Waals surface area contributed by atoms with Crippen LogP contribution in [0.2, 0.25) is 5.02 Å². The first-order valence-corrected chi connectivity index (χ1v) is 14.5. The van der Waals surface area contributed by atoms with Crippen molar-refractivity contribution in [3.05, 3.63) is 53.3 Å². The Morgan fingerprint density at radius 3 is 2.58 bits per heavy atom. The third-order valence-corrected chi connectivity index (χ3v) is 8.41. The monoisotopic (exact) mass is 588 g/mol. The van der Waals surface area contributed by atoms with Crippen molar-refractivity contribution < 1.29 is 23.0 Å². The predicted octanol–water partition coefficient (Wildman–Crippen LogP) is 3.53. The van der Waals surface area contributed by atoms with Crippen LogP contribution >= 0.6 is 11.6 Å². The summed E-state index contributed by atoms with van der Waals surface area (Å²) in [6, 6.07) is 4.73. The molecule has 2 N–H and O–H groups in total. The number of aromatic hydroxyl groups is 1. The maximum absolute atomic E-state index is 13.8. The highest BCUT2D eigenvalue weighted by atomic mass is 35.5. The van der Waals surface area contributed by atoms with Crippen molar-refractivity contribution >= 4 is 27.6 Å². The molecule has 0 saturated heterocycles. The Hall–Kier alpha value is -3.75. The topological polar surface area (TPSA) is 159 Å². The molecular formula is C25H29ClN8O5S. The summed E-state index contributed by atoms with van der Waals surface area (Å²) in [6.45, 7) is 5.82. The molecule has 4 aromatic rings. The highest BCUT2D eigenvalue weighted by Crippen LogP contribution is 2.39. The van der Waals surface area contributed by atoms with Crippen molar-refractivity contribution in [1.29, 1.82) is 0 Å². The molecule has 15 heteroatoms. The number of rotatable bonds is 10. The number of nitrogens with one attached hydrogen (secondary N) is 1. The van der Waals surface area contributed by atoms with E-state index in [1.807, 2.05) is 4.68 Å². The van der Waals surface area contributed by atoms with E-state index in [2.05, 4.69) is 30.0 Å². The molecule has 0 amide bonds. The third-order valence-electron chi connectivity index (χ3n) is 6.52. The fourth-order valence-electron chi connectivity index (χ4n) is 4.61. The average Bonchev–Trinajstić information content (AvgIpc) is 3.63. The minimum absolute atomic E-state index is 0.153. The van der Waals surface area contributed by atoms with Gasteiger partial charge in [-0.2, -0.15) is 5.10 Å². The van der Waals surface area contributed by atoms with Gasteiger partial charge in [0, 0.05) is 24.6 Å². The first-order chi connectivity index (χ1) is 19.1. The summed E-state index contributed by atoms with van der Waals surface area (Å²) in [5.74, 6) is 0.433. The summed E-state index contributed by atoms with van der Waals surface area (Å²) in [7, 11) is -2.75. The number of phenolic OH excluding ortho intramolecular Hbond substituents is 1. The van der Waals surface area contributed by atoms with Crippen LogP contribution in [-0.2, 0) is 27.7 Å². The van der Waals surface area contributed by atoms with E-state index < -0.39 is 21.4 Å². The molecule has 1 aromatic carbocycles. The summed E-state index contributed by atoms with van der Waals surface area (Å²) < 4.78 is 44.9. The molecule has 0 bridgehead atoms. The molecule has 4 heterocycles. The summed E-state index contributed by atoms with van der Waals surface area (Å²) in [5, 5.41) is 23.0. The van der Waals surface area contributed by atoms with E-state index in [-0.39, 0.29) is 35.1 Å². The number of ether oxygens (including phenoxy) is 2. The lowest BCUT2D eigenvalue weighted by Gasteiger charge is -2.25. The zero-order chi connectivity index (χ0) is 28.6. The molecule has 212 valence electrons. The number of fused-ring (bicyclic) bond motifs is 1. The largest absolute Gasteiger partial charge is 0.506 e. The molecule has 2 atom stereocenters. The summed E-state index contributed by atoms with van der Waals surface area (Å²) >= 11 is 5.94. The van der Waals surface area contributed by atoms with Crippen molar-refractivity contribution in [2.45, 2.75) is 57.6 Å². The van der Waals surface area contributed by atoms with E-state index in [1.54, 1.807) is 32.2 Å². The maximum atomic E-state index is 13.8. The molecule has 5 rings (SSSR count). The SMILES string of the molecule is COc1cccc(O)c1-n1c(NS(=O)(=O)[C@@H](C)[C@@H](OC(C)C)c2ncc(Cl)cn2)nnc1-c1cnn2c1CCC2. The Balaban J connectivity index is 1.60. The van der Waals surface area contributed by atoms with Gasteiger partial charge >= 0.3 is 0 Å². The number of nitrogens with zero attached hydrogens (tertiary/aromatic N) is 7. The third kappa shape index (κ3) is 5.21. The van der Waals surface area contributed by atoms with Crippen LogP contribution in [0.3, 0.4) is 0 Å². The second-order valence-electron chi connectivity index (χ2n) is 9.56. The minimum atomic E-state index is -4.20. The van der Waals surface area contributed by atoms with Gasteiger partial charge in [0.1, 0.15) is 28.5 Å². The van der Waals surface area contributed by atoms with E-state index in [0.717, 1.165) is 25.1 Å². The lowest BCUT2D eigenvalue weighted by Crippen LogP contribution is -2.35. The minimum Gasteiger partial charge on any atom is -0.506 e. The van der Waals surface area contributed by atoms with Crippen molar-refractivity contribution in [2.75, 3.05) is 11.8 Å². The van der Waals surface area contributed by atoms with E-state index in [4.69, 9.17) is 21.1 Å². The van der Waals surface area contributed by atoms with E-state index in [9.17, 15) is 13.5 Å². The standard InChI is InChI=1S/C25H29ClN8O5S/c1-14(2)39-22(23-27-11-16(26)12-28-23)15(3)40(36,37)32-25-31-30-24(17-13-29-33-10-6-7-18(17)33)34(25)21-19(35)8-5-9-20(21)38-4/h5,8-9,11-15,22,35H,6-7,10H2,1-4H3,(H,31,32)/t15-,22+/m0/s1. The van der Waals surface area contributed by atoms with E-state index in [1.165, 1.54) is 37.1 Å². The zero-order valence-electron chi connectivity index (χ0n) is 22.3. The lowest BCUT2D eigenvalue weighted by molar-refractivity contribution is 0.00154. The van der Waals surface area contributed by atoms with Crippen LogP contribution in [0, 0.1) is 0 Å². The number of phenols is 1. The number of aromatic nitrogens is 7. The quantitative estimate of drug-likeness (QED) is 0.280. The first-order valence-electron chi connectivity index (χ1n) is 12.6. The highest BCUT2D eigenvalue weighted by molar-refractivity contribution is 7.93. The molecule has 0 aliphatic carbocycles. The molecule has 0 saturated carbocycles. The summed E-state index contributed by atoms with van der Waals surface area (Å²) in [4.78, 5) is 8.38. The molecule has 1 aliphatic heterocycles. The number of hydrogen-bond donors (Lipinski definition) is 2. The maximum Gasteiger partial charge on any atom is 0.243 e.